The second kappa shape index (κ2) is 8.07. The third kappa shape index (κ3) is 4.55. The first-order valence-electron chi connectivity index (χ1n) is 7.50. The van der Waals surface area contributed by atoms with Gasteiger partial charge in [-0.3, -0.25) is 13.9 Å². The van der Waals surface area contributed by atoms with Crippen LogP contribution in [0.2, 0.25) is 5.02 Å². The molecular formula is C17H16Cl2N2O4S. The minimum atomic E-state index is -4.08. The lowest BCUT2D eigenvalue weighted by molar-refractivity contribution is -0.114. The van der Waals surface area contributed by atoms with Crippen LogP contribution in [0.5, 0.6) is 0 Å². The van der Waals surface area contributed by atoms with Crippen LogP contribution in [-0.4, -0.2) is 25.6 Å². The fraction of sp³-hybridized carbons (Fsp3) is 0.176. The van der Waals surface area contributed by atoms with Crippen molar-refractivity contribution in [1.82, 2.24) is 0 Å². The van der Waals surface area contributed by atoms with Gasteiger partial charge in [0.05, 0.1) is 10.6 Å². The molecule has 0 fully saturated rings. The van der Waals surface area contributed by atoms with Crippen LogP contribution in [0.15, 0.2) is 53.4 Å². The van der Waals surface area contributed by atoms with E-state index in [4.69, 9.17) is 23.2 Å². The fourth-order valence-corrected chi connectivity index (χ4v) is 4.18. The number of carbonyl (C=O) groups excluding carboxylic acids is 2. The largest absolute Gasteiger partial charge is 0.326 e. The number of amides is 1. The summed E-state index contributed by atoms with van der Waals surface area (Å²) >= 11 is 11.4. The van der Waals surface area contributed by atoms with Crippen LogP contribution in [0.4, 0.5) is 11.4 Å². The van der Waals surface area contributed by atoms with Crippen molar-refractivity contribution in [2.45, 2.75) is 24.8 Å². The highest BCUT2D eigenvalue weighted by Gasteiger charge is 2.32. The van der Waals surface area contributed by atoms with Gasteiger partial charge in [-0.05, 0) is 67.1 Å². The highest BCUT2D eigenvalue weighted by molar-refractivity contribution is 7.93. The normalized spacial score (nSPS) is 12.3. The number of nitrogens with one attached hydrogen (secondary N) is 1. The molecule has 0 radical (unpaired) electrons. The Bertz CT molecular complexity index is 913. The quantitative estimate of drug-likeness (QED) is 0.731. The molecule has 138 valence electrons. The molecule has 0 aliphatic carbocycles. The molecule has 0 heterocycles. The summed E-state index contributed by atoms with van der Waals surface area (Å²) in [5, 5.41) is 2.16. The molecule has 1 amide bonds. The van der Waals surface area contributed by atoms with Crippen LogP contribution in [0, 0.1) is 0 Å². The van der Waals surface area contributed by atoms with Gasteiger partial charge in [0.2, 0.25) is 11.1 Å². The molecule has 0 bridgehead atoms. The van der Waals surface area contributed by atoms with E-state index in [0.29, 0.717) is 10.7 Å². The monoisotopic (exact) mass is 414 g/mol. The molecule has 0 aliphatic heterocycles. The lowest BCUT2D eigenvalue weighted by atomic mass is 10.3. The van der Waals surface area contributed by atoms with E-state index in [2.05, 4.69) is 5.32 Å². The minimum Gasteiger partial charge on any atom is -0.326 e. The maximum Gasteiger partial charge on any atom is 0.265 e. The van der Waals surface area contributed by atoms with Crippen molar-refractivity contribution < 1.29 is 18.0 Å². The molecule has 0 saturated heterocycles. The predicted octanol–water partition coefficient (Wildman–Crippen LogP) is 3.65. The van der Waals surface area contributed by atoms with Crippen molar-refractivity contribution in [2.24, 2.45) is 0 Å². The van der Waals surface area contributed by atoms with Crippen molar-refractivity contribution in [3.05, 3.63) is 53.6 Å². The van der Waals surface area contributed by atoms with E-state index < -0.39 is 21.3 Å². The lowest BCUT2D eigenvalue weighted by Crippen LogP contribution is -2.42. The SMILES string of the molecule is CC(=O)Nc1ccc(S(=O)(=O)N(c2ccc(Cl)cc2)C(C)C(=O)Cl)cc1. The Morgan fingerprint density at radius 2 is 1.58 bits per heavy atom. The maximum absolute atomic E-state index is 13.1. The summed E-state index contributed by atoms with van der Waals surface area (Å²) in [7, 11) is -4.08. The standard InChI is InChI=1S/C17H16Cl2N2O4S/c1-11(17(19)23)21(15-7-3-13(18)4-8-15)26(24,25)16-9-5-14(6-10-16)20-12(2)22/h3-11H,1-2H3,(H,20,22). The second-order valence-electron chi connectivity index (χ2n) is 5.46. The number of anilines is 2. The van der Waals surface area contributed by atoms with E-state index in [1.165, 1.54) is 62.4 Å². The van der Waals surface area contributed by atoms with Crippen molar-refractivity contribution in [3.63, 3.8) is 0 Å². The summed E-state index contributed by atoms with van der Waals surface area (Å²) in [4.78, 5) is 22.7. The molecule has 6 nitrogen and oxygen atoms in total. The molecule has 1 atom stereocenters. The summed E-state index contributed by atoms with van der Waals surface area (Å²) in [5.74, 6) is -0.273. The molecule has 26 heavy (non-hydrogen) atoms. The second-order valence-corrected chi connectivity index (χ2v) is 8.09. The number of rotatable bonds is 6. The molecule has 2 aromatic carbocycles. The van der Waals surface area contributed by atoms with Crippen molar-refractivity contribution in [1.29, 1.82) is 0 Å². The molecule has 0 saturated carbocycles. The predicted molar refractivity (Wildman–Crippen MR) is 102 cm³/mol. The van der Waals surface area contributed by atoms with Crippen molar-refractivity contribution in [2.75, 3.05) is 9.62 Å². The summed E-state index contributed by atoms with van der Waals surface area (Å²) in [6.45, 7) is 2.74. The average Bonchev–Trinajstić information content (AvgIpc) is 2.56. The first-order chi connectivity index (χ1) is 12.1. The molecular weight excluding hydrogens is 399 g/mol. The summed E-state index contributed by atoms with van der Waals surface area (Å²) in [6.07, 6.45) is 0. The fourth-order valence-electron chi connectivity index (χ4n) is 2.28. The Morgan fingerprint density at radius 3 is 2.04 bits per heavy atom. The number of benzene rings is 2. The average molecular weight is 415 g/mol. The maximum atomic E-state index is 13.1. The lowest BCUT2D eigenvalue weighted by Gasteiger charge is -2.28. The van der Waals surface area contributed by atoms with Crippen LogP contribution in [0.25, 0.3) is 0 Å². The third-order valence-electron chi connectivity index (χ3n) is 3.49. The molecule has 0 aromatic heterocycles. The number of carbonyl (C=O) groups is 2. The molecule has 0 spiro atoms. The topological polar surface area (TPSA) is 83.6 Å². The van der Waals surface area contributed by atoms with E-state index in [1.807, 2.05) is 0 Å². The smallest absolute Gasteiger partial charge is 0.265 e. The third-order valence-corrected chi connectivity index (χ3v) is 5.97. The van der Waals surface area contributed by atoms with E-state index in [1.54, 1.807) is 0 Å². The number of nitrogens with zero attached hydrogens (tertiary/aromatic N) is 1. The Labute approximate surface area is 161 Å². The van der Waals surface area contributed by atoms with Crippen LogP contribution in [0.1, 0.15) is 13.8 Å². The molecule has 0 aliphatic rings. The molecule has 2 rings (SSSR count). The first kappa shape index (κ1) is 20.2. The molecule has 2 aromatic rings. The number of halogens is 2. The van der Waals surface area contributed by atoms with Gasteiger partial charge in [-0.15, -0.1) is 0 Å². The zero-order valence-corrected chi connectivity index (χ0v) is 16.3. The van der Waals surface area contributed by atoms with Crippen molar-refractivity contribution in [3.8, 4) is 0 Å². The van der Waals surface area contributed by atoms with Crippen LogP contribution < -0.4 is 9.62 Å². The van der Waals surface area contributed by atoms with Gasteiger partial charge in [0, 0.05) is 17.6 Å². The van der Waals surface area contributed by atoms with E-state index >= 15 is 0 Å². The first-order valence-corrected chi connectivity index (χ1v) is 9.69. The van der Waals surface area contributed by atoms with E-state index in [0.717, 1.165) is 4.31 Å². The highest BCUT2D eigenvalue weighted by atomic mass is 35.5. The number of hydrogen-bond acceptors (Lipinski definition) is 4. The Morgan fingerprint density at radius 1 is 1.04 bits per heavy atom. The van der Waals surface area contributed by atoms with Gasteiger partial charge >= 0.3 is 0 Å². The van der Waals surface area contributed by atoms with Gasteiger partial charge in [0.1, 0.15) is 6.04 Å². The summed E-state index contributed by atoms with van der Waals surface area (Å²) in [5.41, 5.74) is 0.706. The Kier molecular flexibility index (Phi) is 6.28. The molecule has 9 heteroatoms. The van der Waals surface area contributed by atoms with Gasteiger partial charge in [0.15, 0.2) is 0 Å². The van der Waals surface area contributed by atoms with Gasteiger partial charge in [-0.2, -0.15) is 0 Å². The Hall–Kier alpha value is -2.09. The molecule has 1 N–H and O–H groups in total. The highest BCUT2D eigenvalue weighted by Crippen LogP contribution is 2.28. The minimum absolute atomic E-state index is 0.0497. The van der Waals surface area contributed by atoms with Crippen molar-refractivity contribution >= 4 is 55.7 Å². The van der Waals surface area contributed by atoms with Crippen LogP contribution >= 0.6 is 23.2 Å². The van der Waals surface area contributed by atoms with E-state index in [9.17, 15) is 18.0 Å². The molecule has 1 unspecified atom stereocenters. The van der Waals surface area contributed by atoms with Crippen LogP contribution in [-0.2, 0) is 19.6 Å². The number of sulfonamides is 1. The zero-order chi connectivity index (χ0) is 19.5. The van der Waals surface area contributed by atoms with Gasteiger partial charge in [-0.1, -0.05) is 11.6 Å². The number of hydrogen-bond donors (Lipinski definition) is 1. The van der Waals surface area contributed by atoms with Gasteiger partial charge < -0.3 is 5.32 Å². The van der Waals surface area contributed by atoms with Gasteiger partial charge in [-0.25, -0.2) is 8.42 Å². The van der Waals surface area contributed by atoms with Crippen LogP contribution in [0.3, 0.4) is 0 Å². The van der Waals surface area contributed by atoms with Gasteiger partial charge in [0.25, 0.3) is 10.0 Å². The summed E-state index contributed by atoms with van der Waals surface area (Å²) in [6, 6.07) is 10.5. The summed E-state index contributed by atoms with van der Waals surface area (Å²) < 4.78 is 27.1. The van der Waals surface area contributed by atoms with E-state index in [-0.39, 0.29) is 16.5 Å². The zero-order valence-electron chi connectivity index (χ0n) is 13.9. The Balaban J connectivity index is 2.50.